The molecule has 124 valence electrons. The van der Waals surface area contributed by atoms with Gasteiger partial charge in [-0.15, -0.1) is 0 Å². The molecule has 1 aromatic heterocycles. The minimum atomic E-state index is -0.289. The molecule has 1 aliphatic rings. The van der Waals surface area contributed by atoms with Crippen LogP contribution in [0.2, 0.25) is 0 Å². The molecule has 3 rings (SSSR count). The molecule has 4 heteroatoms. The average Bonchev–Trinajstić information content (AvgIpc) is 2.99. The summed E-state index contributed by atoms with van der Waals surface area (Å²) in [6.07, 6.45) is 2.55. The van der Waals surface area contributed by atoms with E-state index < -0.39 is 0 Å². The molecule has 2 aromatic rings. The van der Waals surface area contributed by atoms with Crippen molar-refractivity contribution in [1.82, 2.24) is 5.32 Å². The van der Waals surface area contributed by atoms with Crippen molar-refractivity contribution in [3.63, 3.8) is 0 Å². The predicted octanol–water partition coefficient (Wildman–Crippen LogP) is 3.49. The molecule has 0 radical (unpaired) electrons. The summed E-state index contributed by atoms with van der Waals surface area (Å²) >= 11 is 0. The fourth-order valence-corrected chi connectivity index (χ4v) is 3.33. The largest absolute Gasteiger partial charge is 0.423 e. The van der Waals surface area contributed by atoms with E-state index in [9.17, 15) is 4.79 Å². The standard InChI is InChI=1S/C19H25NO3/c1-12(2)16-9-17-14(10-20-11-15-5-4-6-22-15)8-19(21)23-18(17)7-13(16)3/h7-9,12,15,20H,4-6,10-11H2,1-3H3/t15-/m0/s1. The molecule has 0 aliphatic carbocycles. The van der Waals surface area contributed by atoms with E-state index in [1.54, 1.807) is 6.07 Å². The average molecular weight is 315 g/mol. The van der Waals surface area contributed by atoms with Gasteiger partial charge >= 0.3 is 5.63 Å². The molecule has 0 unspecified atom stereocenters. The van der Waals surface area contributed by atoms with Crippen molar-refractivity contribution in [2.45, 2.75) is 52.2 Å². The van der Waals surface area contributed by atoms with Crippen molar-refractivity contribution in [2.24, 2.45) is 0 Å². The number of nitrogens with one attached hydrogen (secondary N) is 1. The lowest BCUT2D eigenvalue weighted by molar-refractivity contribution is 0.110. The Morgan fingerprint density at radius 3 is 2.83 bits per heavy atom. The number of rotatable bonds is 5. The maximum atomic E-state index is 11.8. The number of hydrogen-bond acceptors (Lipinski definition) is 4. The van der Waals surface area contributed by atoms with E-state index in [-0.39, 0.29) is 5.63 Å². The second-order valence-electron chi connectivity index (χ2n) is 6.72. The third-order valence-corrected chi connectivity index (χ3v) is 4.55. The fourth-order valence-electron chi connectivity index (χ4n) is 3.33. The van der Waals surface area contributed by atoms with Gasteiger partial charge in [0.05, 0.1) is 6.10 Å². The van der Waals surface area contributed by atoms with Gasteiger partial charge in [0.15, 0.2) is 0 Å². The Labute approximate surface area is 136 Å². The number of hydrogen-bond donors (Lipinski definition) is 1. The van der Waals surface area contributed by atoms with Gasteiger partial charge in [0.25, 0.3) is 0 Å². The molecule has 0 spiro atoms. The first kappa shape index (κ1) is 16.2. The van der Waals surface area contributed by atoms with Crippen molar-refractivity contribution in [2.75, 3.05) is 13.2 Å². The first-order chi connectivity index (χ1) is 11.0. The van der Waals surface area contributed by atoms with E-state index in [1.807, 2.05) is 6.07 Å². The van der Waals surface area contributed by atoms with Gasteiger partial charge < -0.3 is 14.5 Å². The highest BCUT2D eigenvalue weighted by molar-refractivity contribution is 5.82. The molecule has 0 saturated carbocycles. The van der Waals surface area contributed by atoms with Crippen molar-refractivity contribution in [1.29, 1.82) is 0 Å². The van der Waals surface area contributed by atoms with Crippen LogP contribution in [0.3, 0.4) is 0 Å². The molecule has 1 fully saturated rings. The molecule has 0 bridgehead atoms. The van der Waals surface area contributed by atoms with Crippen molar-refractivity contribution in [3.05, 3.63) is 45.3 Å². The molecule has 0 amide bonds. The molecule has 1 aliphatic heterocycles. The topological polar surface area (TPSA) is 51.5 Å². The van der Waals surface area contributed by atoms with Crippen LogP contribution in [0, 0.1) is 6.92 Å². The highest BCUT2D eigenvalue weighted by atomic mass is 16.5. The van der Waals surface area contributed by atoms with E-state index >= 15 is 0 Å². The third-order valence-electron chi connectivity index (χ3n) is 4.55. The molecule has 1 N–H and O–H groups in total. The van der Waals surface area contributed by atoms with Crippen molar-refractivity contribution < 1.29 is 9.15 Å². The van der Waals surface area contributed by atoms with Crippen LogP contribution < -0.4 is 10.9 Å². The van der Waals surface area contributed by atoms with E-state index in [2.05, 4.69) is 32.2 Å². The van der Waals surface area contributed by atoms with Gasteiger partial charge in [-0.05, 0) is 54.5 Å². The Kier molecular flexibility index (Phi) is 4.83. The number of ether oxygens (including phenoxy) is 1. The normalized spacial score (nSPS) is 18.2. The van der Waals surface area contributed by atoms with Gasteiger partial charge in [0.2, 0.25) is 0 Å². The first-order valence-corrected chi connectivity index (χ1v) is 8.44. The summed E-state index contributed by atoms with van der Waals surface area (Å²) in [6.45, 7) is 8.77. The maximum Gasteiger partial charge on any atom is 0.336 e. The second-order valence-corrected chi connectivity index (χ2v) is 6.72. The Hall–Kier alpha value is -1.65. The lowest BCUT2D eigenvalue weighted by Gasteiger charge is -2.14. The van der Waals surface area contributed by atoms with Crippen LogP contribution in [0.4, 0.5) is 0 Å². The molecule has 1 saturated heterocycles. The monoisotopic (exact) mass is 315 g/mol. The molecule has 1 aromatic carbocycles. The van der Waals surface area contributed by atoms with Crippen molar-refractivity contribution in [3.8, 4) is 0 Å². The summed E-state index contributed by atoms with van der Waals surface area (Å²) in [7, 11) is 0. The molecular weight excluding hydrogens is 290 g/mol. The zero-order chi connectivity index (χ0) is 16.4. The van der Waals surface area contributed by atoms with E-state index in [0.29, 0.717) is 24.1 Å². The third kappa shape index (κ3) is 3.65. The summed E-state index contributed by atoms with van der Waals surface area (Å²) < 4.78 is 11.0. The molecule has 23 heavy (non-hydrogen) atoms. The summed E-state index contributed by atoms with van der Waals surface area (Å²) in [4.78, 5) is 11.8. The Morgan fingerprint density at radius 2 is 2.13 bits per heavy atom. The zero-order valence-electron chi connectivity index (χ0n) is 14.1. The van der Waals surface area contributed by atoms with Crippen LogP contribution in [0.25, 0.3) is 11.0 Å². The van der Waals surface area contributed by atoms with Crippen LogP contribution >= 0.6 is 0 Å². The van der Waals surface area contributed by atoms with Crippen LogP contribution in [-0.4, -0.2) is 19.3 Å². The summed E-state index contributed by atoms with van der Waals surface area (Å²) in [5.41, 5.74) is 3.85. The van der Waals surface area contributed by atoms with Gasteiger partial charge in [0, 0.05) is 31.1 Å². The highest BCUT2D eigenvalue weighted by Crippen LogP contribution is 2.26. The Bertz CT molecular complexity index is 742. The quantitative estimate of drug-likeness (QED) is 0.858. The fraction of sp³-hybridized carbons (Fsp3) is 0.526. The number of benzene rings is 1. The SMILES string of the molecule is Cc1cc2oc(=O)cc(CNC[C@@H]3CCCO3)c2cc1C(C)C. The van der Waals surface area contributed by atoms with Gasteiger partial charge in [-0.25, -0.2) is 4.79 Å². The molecule has 1 atom stereocenters. The van der Waals surface area contributed by atoms with Crippen LogP contribution in [0.1, 0.15) is 49.3 Å². The first-order valence-electron chi connectivity index (χ1n) is 8.44. The highest BCUT2D eigenvalue weighted by Gasteiger charge is 2.15. The van der Waals surface area contributed by atoms with Crippen LogP contribution in [0.15, 0.2) is 27.4 Å². The molecular formula is C19H25NO3. The summed E-state index contributed by atoms with van der Waals surface area (Å²) in [6, 6.07) is 5.75. The van der Waals surface area contributed by atoms with Crippen LogP contribution in [0.5, 0.6) is 0 Å². The lowest BCUT2D eigenvalue weighted by Crippen LogP contribution is -2.26. The van der Waals surface area contributed by atoms with Gasteiger partial charge in [-0.2, -0.15) is 0 Å². The Balaban J connectivity index is 1.88. The number of aryl methyl sites for hydroxylation is 1. The van der Waals surface area contributed by atoms with E-state index in [4.69, 9.17) is 9.15 Å². The van der Waals surface area contributed by atoms with E-state index in [1.165, 1.54) is 11.1 Å². The Morgan fingerprint density at radius 1 is 1.30 bits per heavy atom. The smallest absolute Gasteiger partial charge is 0.336 e. The predicted molar refractivity (Wildman–Crippen MR) is 92.0 cm³/mol. The zero-order valence-corrected chi connectivity index (χ0v) is 14.1. The number of fused-ring (bicyclic) bond motifs is 1. The molecule has 4 nitrogen and oxygen atoms in total. The minimum Gasteiger partial charge on any atom is -0.423 e. The van der Waals surface area contributed by atoms with Gasteiger partial charge in [-0.1, -0.05) is 13.8 Å². The molecule has 2 heterocycles. The van der Waals surface area contributed by atoms with Crippen LogP contribution in [-0.2, 0) is 11.3 Å². The minimum absolute atomic E-state index is 0.289. The van der Waals surface area contributed by atoms with Gasteiger partial charge in [-0.3, -0.25) is 0 Å². The summed E-state index contributed by atoms with van der Waals surface area (Å²) in [5, 5.41) is 4.45. The lowest BCUT2D eigenvalue weighted by atomic mass is 9.95. The van der Waals surface area contributed by atoms with E-state index in [0.717, 1.165) is 36.9 Å². The van der Waals surface area contributed by atoms with Gasteiger partial charge in [0.1, 0.15) is 5.58 Å². The van der Waals surface area contributed by atoms with Crippen molar-refractivity contribution >= 4 is 11.0 Å². The second kappa shape index (κ2) is 6.85. The summed E-state index contributed by atoms with van der Waals surface area (Å²) in [5.74, 6) is 0.444. The maximum absolute atomic E-state index is 11.8.